The van der Waals surface area contributed by atoms with Crippen LogP contribution in [0.2, 0.25) is 0 Å². The second kappa shape index (κ2) is 10.3. The van der Waals surface area contributed by atoms with Crippen molar-refractivity contribution in [3.8, 4) is 0 Å². The number of benzene rings is 2. The first kappa shape index (κ1) is 26.2. The summed E-state index contributed by atoms with van der Waals surface area (Å²) in [7, 11) is 0. The molecule has 0 N–H and O–H groups in total. The van der Waals surface area contributed by atoms with E-state index in [0.29, 0.717) is 31.0 Å². The van der Waals surface area contributed by atoms with Gasteiger partial charge in [-0.15, -0.1) is 0 Å². The highest BCUT2D eigenvalue weighted by Crippen LogP contribution is 2.57. The summed E-state index contributed by atoms with van der Waals surface area (Å²) >= 11 is 0. The first-order chi connectivity index (χ1) is 15.4. The van der Waals surface area contributed by atoms with E-state index >= 15 is 0 Å². The average molecular weight is 476 g/mol. The zero-order valence-electron chi connectivity index (χ0n) is 17.8. The summed E-state index contributed by atoms with van der Waals surface area (Å²) in [5, 5.41) is 0. The summed E-state index contributed by atoms with van der Waals surface area (Å²) in [6.07, 6.45) is -11.1. The Hall–Kier alpha value is -3.04. The van der Waals surface area contributed by atoms with Crippen molar-refractivity contribution in [3.05, 3.63) is 70.8 Å². The Balaban J connectivity index is 2.86. The Morgan fingerprint density at radius 2 is 1.30 bits per heavy atom. The summed E-state index contributed by atoms with van der Waals surface area (Å²) in [5.74, 6) is -2.38. The van der Waals surface area contributed by atoms with Crippen LogP contribution in [0, 0.1) is 0 Å². The normalized spacial score (nSPS) is 12.4. The molecule has 0 amide bonds. The fourth-order valence-electron chi connectivity index (χ4n) is 3.37. The van der Waals surface area contributed by atoms with Gasteiger partial charge in [0.2, 0.25) is 5.41 Å². The lowest BCUT2D eigenvalue weighted by Crippen LogP contribution is -2.55. The molecule has 0 aliphatic rings. The van der Waals surface area contributed by atoms with Gasteiger partial charge in [0.25, 0.3) is 0 Å². The number of hydrogen-bond donors (Lipinski definition) is 0. The van der Waals surface area contributed by atoms with Crippen LogP contribution < -0.4 is 0 Å². The van der Waals surface area contributed by atoms with Crippen LogP contribution in [0.1, 0.15) is 58.5 Å². The fraction of sp³-hybridized carbons (Fsp3) is 0.391. The molecule has 0 heterocycles. The van der Waals surface area contributed by atoms with E-state index in [0.717, 1.165) is 30.3 Å². The minimum Gasteiger partial charge on any atom is -0.462 e. The van der Waals surface area contributed by atoms with Crippen molar-refractivity contribution in [1.29, 1.82) is 0 Å². The van der Waals surface area contributed by atoms with Gasteiger partial charge in [-0.05, 0) is 42.2 Å². The third-order valence-electron chi connectivity index (χ3n) is 4.81. The van der Waals surface area contributed by atoms with Gasteiger partial charge < -0.3 is 9.47 Å². The molecular weight excluding hydrogens is 454 g/mol. The molecule has 2 aromatic carbocycles. The van der Waals surface area contributed by atoms with Crippen molar-refractivity contribution in [2.75, 3.05) is 13.2 Å². The summed E-state index contributed by atoms with van der Waals surface area (Å²) in [4.78, 5) is 24.6. The minimum atomic E-state index is -5.93. The summed E-state index contributed by atoms with van der Waals surface area (Å²) in [5.41, 5.74) is -8.58. The van der Waals surface area contributed by atoms with Gasteiger partial charge in [-0.2, -0.15) is 26.3 Å². The van der Waals surface area contributed by atoms with E-state index < -0.39 is 52.0 Å². The van der Waals surface area contributed by atoms with E-state index in [1.54, 1.807) is 13.8 Å². The van der Waals surface area contributed by atoms with E-state index in [2.05, 4.69) is 0 Å². The Labute approximate surface area is 186 Å². The van der Waals surface area contributed by atoms with E-state index in [-0.39, 0.29) is 13.2 Å². The molecule has 0 aromatic heterocycles. The molecular formula is C23H22F6O4. The maximum Gasteiger partial charge on any atom is 0.411 e. The maximum absolute atomic E-state index is 14.5. The number of carbonyl (C=O) groups excluding carboxylic acids is 2. The smallest absolute Gasteiger partial charge is 0.411 e. The molecule has 2 aromatic rings. The number of esters is 2. The van der Waals surface area contributed by atoms with E-state index in [9.17, 15) is 35.9 Å². The zero-order valence-corrected chi connectivity index (χ0v) is 17.8. The summed E-state index contributed by atoms with van der Waals surface area (Å²) in [6.45, 7) is 3.06. The van der Waals surface area contributed by atoms with Crippen molar-refractivity contribution in [3.63, 3.8) is 0 Å². The van der Waals surface area contributed by atoms with Crippen molar-refractivity contribution in [2.24, 2.45) is 0 Å². The molecule has 180 valence electrons. The number of halogens is 6. The number of ether oxygens (including phenoxy) is 2. The van der Waals surface area contributed by atoms with Crippen LogP contribution in [-0.4, -0.2) is 37.5 Å². The van der Waals surface area contributed by atoms with Gasteiger partial charge in [-0.1, -0.05) is 44.2 Å². The molecule has 0 aliphatic heterocycles. The van der Waals surface area contributed by atoms with Gasteiger partial charge in [-0.25, -0.2) is 9.59 Å². The number of hydrogen-bond acceptors (Lipinski definition) is 4. The van der Waals surface area contributed by atoms with Gasteiger partial charge in [-0.3, -0.25) is 0 Å². The molecule has 0 unspecified atom stereocenters. The van der Waals surface area contributed by atoms with Gasteiger partial charge in [0.1, 0.15) is 0 Å². The third kappa shape index (κ3) is 5.15. The topological polar surface area (TPSA) is 52.6 Å². The summed E-state index contributed by atoms with van der Waals surface area (Å²) < 4.78 is 96.6. The Morgan fingerprint density at radius 1 is 0.758 bits per heavy atom. The second-order valence-electron chi connectivity index (χ2n) is 7.14. The predicted molar refractivity (Wildman–Crippen MR) is 107 cm³/mol. The lowest BCUT2D eigenvalue weighted by molar-refractivity contribution is -0.288. The largest absolute Gasteiger partial charge is 0.462 e. The highest BCUT2D eigenvalue weighted by Gasteiger charge is 2.73. The average Bonchev–Trinajstić information content (AvgIpc) is 2.74. The Bertz CT molecular complexity index is 967. The monoisotopic (exact) mass is 476 g/mol. The van der Waals surface area contributed by atoms with Gasteiger partial charge in [0, 0.05) is 0 Å². The van der Waals surface area contributed by atoms with Crippen molar-refractivity contribution in [1.82, 2.24) is 0 Å². The van der Waals surface area contributed by atoms with Crippen LogP contribution in [0.15, 0.2) is 48.5 Å². The third-order valence-corrected chi connectivity index (χ3v) is 4.81. The lowest BCUT2D eigenvalue weighted by Gasteiger charge is -2.39. The zero-order chi connectivity index (χ0) is 24.9. The molecule has 10 heteroatoms. The van der Waals surface area contributed by atoms with E-state index in [1.165, 1.54) is 0 Å². The molecule has 0 radical (unpaired) electrons. The van der Waals surface area contributed by atoms with Crippen LogP contribution in [0.3, 0.4) is 0 Å². The van der Waals surface area contributed by atoms with Crippen LogP contribution in [0.25, 0.3) is 0 Å². The quantitative estimate of drug-likeness (QED) is 0.335. The van der Waals surface area contributed by atoms with E-state index in [1.807, 2.05) is 0 Å². The molecule has 0 saturated carbocycles. The molecule has 2 rings (SSSR count). The highest BCUT2D eigenvalue weighted by atomic mass is 19.4. The second-order valence-corrected chi connectivity index (χ2v) is 7.14. The molecule has 0 atom stereocenters. The Morgan fingerprint density at radius 3 is 1.85 bits per heavy atom. The van der Waals surface area contributed by atoms with Gasteiger partial charge >= 0.3 is 24.3 Å². The molecule has 0 fully saturated rings. The standard InChI is InChI=1S/C23H22F6O4/c1-3-12-32-19(30)15-8-7-9-16(14-15)21(22(24,25)26,23(27,28)29)18-11-6-5-10-17(18)20(31)33-13-4-2/h5-11,14H,3-4,12-13H2,1-2H3. The van der Waals surface area contributed by atoms with Crippen molar-refractivity contribution < 1.29 is 45.4 Å². The summed E-state index contributed by atoms with van der Waals surface area (Å²) in [6, 6.07) is 6.62. The molecule has 0 saturated heterocycles. The first-order valence-electron chi connectivity index (χ1n) is 10.1. The Kier molecular flexibility index (Phi) is 8.16. The van der Waals surface area contributed by atoms with Crippen molar-refractivity contribution in [2.45, 2.75) is 44.5 Å². The van der Waals surface area contributed by atoms with Gasteiger partial charge in [0.15, 0.2) is 0 Å². The van der Waals surface area contributed by atoms with Crippen LogP contribution in [0.4, 0.5) is 26.3 Å². The first-order valence-corrected chi connectivity index (χ1v) is 10.1. The number of rotatable bonds is 8. The van der Waals surface area contributed by atoms with Crippen molar-refractivity contribution >= 4 is 11.9 Å². The van der Waals surface area contributed by atoms with Gasteiger partial charge in [0.05, 0.1) is 24.3 Å². The maximum atomic E-state index is 14.5. The predicted octanol–water partition coefficient (Wildman–Crippen LogP) is 6.23. The molecule has 0 bridgehead atoms. The number of alkyl halides is 6. The minimum absolute atomic E-state index is 0.0567. The highest BCUT2D eigenvalue weighted by molar-refractivity contribution is 5.92. The molecule has 4 nitrogen and oxygen atoms in total. The molecule has 0 spiro atoms. The van der Waals surface area contributed by atoms with E-state index in [4.69, 9.17) is 9.47 Å². The molecule has 33 heavy (non-hydrogen) atoms. The fourth-order valence-corrected chi connectivity index (χ4v) is 3.37. The lowest BCUT2D eigenvalue weighted by atomic mass is 9.71. The SMILES string of the molecule is CCCOC(=O)c1cccc(C(c2ccccc2C(=O)OCCC)(C(F)(F)F)C(F)(F)F)c1. The molecule has 0 aliphatic carbocycles. The van der Waals surface area contributed by atoms with Crippen LogP contribution in [0.5, 0.6) is 0 Å². The van der Waals surface area contributed by atoms with Crippen LogP contribution in [-0.2, 0) is 14.9 Å². The number of carbonyl (C=O) groups is 2. The van der Waals surface area contributed by atoms with Crippen LogP contribution >= 0.6 is 0 Å².